The Labute approximate surface area is 93.0 Å². The van der Waals surface area contributed by atoms with E-state index in [1.807, 2.05) is 6.20 Å². The highest BCUT2D eigenvalue weighted by molar-refractivity contribution is 5.85. The molecule has 0 saturated heterocycles. The molecule has 1 aliphatic rings. The van der Waals surface area contributed by atoms with E-state index in [0.29, 0.717) is 5.95 Å². The summed E-state index contributed by atoms with van der Waals surface area (Å²) in [6.07, 6.45) is 5.31. The maximum Gasteiger partial charge on any atom is 0.250 e. The molecule has 15 heavy (non-hydrogen) atoms. The highest BCUT2D eigenvalue weighted by atomic mass is 35.5. The molecule has 0 unspecified atom stereocenters. The summed E-state index contributed by atoms with van der Waals surface area (Å²) in [5.74, 6) is 0.637. The minimum atomic E-state index is 0. The van der Waals surface area contributed by atoms with Gasteiger partial charge in [-0.15, -0.1) is 12.4 Å². The van der Waals surface area contributed by atoms with Gasteiger partial charge in [-0.25, -0.2) is 14.6 Å². The van der Waals surface area contributed by atoms with Gasteiger partial charge in [0.1, 0.15) is 0 Å². The molecule has 3 rings (SSSR count). The lowest BCUT2D eigenvalue weighted by atomic mass is 10.3. The van der Waals surface area contributed by atoms with Crippen molar-refractivity contribution < 1.29 is 0 Å². The lowest BCUT2D eigenvalue weighted by Gasteiger charge is -2.01. The number of rotatable bonds is 1. The van der Waals surface area contributed by atoms with Crippen LogP contribution in [-0.2, 0) is 13.1 Å². The van der Waals surface area contributed by atoms with Gasteiger partial charge in [-0.2, -0.15) is 5.10 Å². The maximum absolute atomic E-state index is 4.26. The quantitative estimate of drug-likeness (QED) is 0.773. The third-order valence-electron chi connectivity index (χ3n) is 2.30. The molecule has 2 aromatic heterocycles. The first kappa shape index (κ1) is 10.1. The summed E-state index contributed by atoms with van der Waals surface area (Å²) >= 11 is 0. The van der Waals surface area contributed by atoms with Crippen molar-refractivity contribution >= 4 is 12.4 Å². The summed E-state index contributed by atoms with van der Waals surface area (Å²) in [6, 6.07) is 1.80. The Morgan fingerprint density at radius 2 is 2.00 bits per heavy atom. The van der Waals surface area contributed by atoms with E-state index < -0.39 is 0 Å². The van der Waals surface area contributed by atoms with Crippen molar-refractivity contribution in [3.63, 3.8) is 0 Å². The Kier molecular flexibility index (Phi) is 2.66. The third kappa shape index (κ3) is 1.60. The van der Waals surface area contributed by atoms with Crippen LogP contribution in [0.2, 0.25) is 0 Å². The van der Waals surface area contributed by atoms with Gasteiger partial charge in [0, 0.05) is 31.0 Å². The first-order valence-electron chi connectivity index (χ1n) is 4.49. The minimum Gasteiger partial charge on any atom is -0.307 e. The van der Waals surface area contributed by atoms with E-state index in [9.17, 15) is 0 Å². The van der Waals surface area contributed by atoms with Crippen molar-refractivity contribution in [2.24, 2.45) is 0 Å². The number of hydrogen-bond donors (Lipinski definition) is 1. The number of nitrogens with one attached hydrogen (secondary N) is 1. The number of aromatic nitrogens is 4. The fraction of sp³-hybridized carbons (Fsp3) is 0.222. The molecule has 0 radical (unpaired) electrons. The van der Waals surface area contributed by atoms with Gasteiger partial charge < -0.3 is 5.32 Å². The number of halogens is 1. The third-order valence-corrected chi connectivity index (χ3v) is 2.30. The van der Waals surface area contributed by atoms with Crippen LogP contribution in [0.5, 0.6) is 0 Å². The second-order valence-electron chi connectivity index (χ2n) is 3.18. The highest BCUT2D eigenvalue weighted by Gasteiger charge is 2.17. The Bertz CT molecular complexity index is 453. The van der Waals surface area contributed by atoms with Crippen molar-refractivity contribution in [1.82, 2.24) is 25.1 Å². The van der Waals surface area contributed by atoms with Crippen molar-refractivity contribution in [3.8, 4) is 5.95 Å². The fourth-order valence-electron chi connectivity index (χ4n) is 1.63. The zero-order valence-electron chi connectivity index (χ0n) is 7.92. The van der Waals surface area contributed by atoms with Crippen molar-refractivity contribution in [3.05, 3.63) is 35.9 Å². The second kappa shape index (κ2) is 3.96. The predicted molar refractivity (Wildman–Crippen MR) is 56.9 cm³/mol. The van der Waals surface area contributed by atoms with E-state index in [0.717, 1.165) is 18.8 Å². The van der Waals surface area contributed by atoms with E-state index in [1.165, 1.54) is 5.56 Å². The van der Waals surface area contributed by atoms with Crippen LogP contribution in [0, 0.1) is 0 Å². The van der Waals surface area contributed by atoms with Crippen LogP contribution >= 0.6 is 12.4 Å². The average Bonchev–Trinajstić information content (AvgIpc) is 2.79. The number of hydrogen-bond acceptors (Lipinski definition) is 4. The first-order chi connectivity index (χ1) is 6.95. The molecule has 6 heteroatoms. The lowest BCUT2D eigenvalue weighted by Crippen LogP contribution is -2.09. The summed E-state index contributed by atoms with van der Waals surface area (Å²) in [5, 5.41) is 7.52. The summed E-state index contributed by atoms with van der Waals surface area (Å²) in [4.78, 5) is 8.32. The van der Waals surface area contributed by atoms with Crippen molar-refractivity contribution in [1.29, 1.82) is 0 Å². The average molecular weight is 224 g/mol. The molecule has 0 aliphatic carbocycles. The molecule has 0 saturated carbocycles. The van der Waals surface area contributed by atoms with Crippen LogP contribution in [0.1, 0.15) is 11.3 Å². The Morgan fingerprint density at radius 1 is 1.20 bits per heavy atom. The minimum absolute atomic E-state index is 0. The molecule has 3 heterocycles. The molecule has 5 nitrogen and oxygen atoms in total. The van der Waals surface area contributed by atoms with E-state index in [1.54, 1.807) is 23.1 Å². The van der Waals surface area contributed by atoms with Gasteiger partial charge in [-0.1, -0.05) is 0 Å². The highest BCUT2D eigenvalue weighted by Crippen LogP contribution is 2.16. The number of fused-ring (bicyclic) bond motifs is 1. The van der Waals surface area contributed by atoms with E-state index in [4.69, 9.17) is 0 Å². The van der Waals surface area contributed by atoms with Gasteiger partial charge in [0.25, 0.3) is 5.95 Å². The Morgan fingerprint density at radius 3 is 2.80 bits per heavy atom. The van der Waals surface area contributed by atoms with E-state index >= 15 is 0 Å². The Hall–Kier alpha value is -1.46. The fourth-order valence-corrected chi connectivity index (χ4v) is 1.63. The van der Waals surface area contributed by atoms with Crippen LogP contribution in [0.4, 0.5) is 0 Å². The normalized spacial score (nSPS) is 13.3. The smallest absolute Gasteiger partial charge is 0.250 e. The van der Waals surface area contributed by atoms with Crippen molar-refractivity contribution in [2.75, 3.05) is 0 Å². The largest absolute Gasteiger partial charge is 0.307 e. The molecule has 0 spiro atoms. The molecule has 1 N–H and O–H groups in total. The monoisotopic (exact) mass is 223 g/mol. The first-order valence-corrected chi connectivity index (χ1v) is 4.49. The standard InChI is InChI=1S/C9H9N5.ClH/c1-2-11-9(12-3-1)14-8-6-10-4-7(8)5-13-14;/h1-3,5,10H,4,6H2;1H. The summed E-state index contributed by atoms with van der Waals surface area (Å²) in [5.41, 5.74) is 2.40. The molecule has 0 fully saturated rings. The summed E-state index contributed by atoms with van der Waals surface area (Å²) in [6.45, 7) is 1.73. The van der Waals surface area contributed by atoms with Gasteiger partial charge in [0.05, 0.1) is 11.9 Å². The topological polar surface area (TPSA) is 55.6 Å². The van der Waals surface area contributed by atoms with Crippen LogP contribution in [0.25, 0.3) is 5.95 Å². The Balaban J connectivity index is 0.000000853. The summed E-state index contributed by atoms with van der Waals surface area (Å²) in [7, 11) is 0. The maximum atomic E-state index is 4.26. The number of nitrogens with zero attached hydrogens (tertiary/aromatic N) is 4. The van der Waals surface area contributed by atoms with Gasteiger partial charge in [-0.05, 0) is 6.07 Å². The van der Waals surface area contributed by atoms with E-state index in [-0.39, 0.29) is 12.4 Å². The molecule has 2 aromatic rings. The van der Waals surface area contributed by atoms with Crippen molar-refractivity contribution in [2.45, 2.75) is 13.1 Å². The molecular weight excluding hydrogens is 214 g/mol. The van der Waals surface area contributed by atoms with Gasteiger partial charge >= 0.3 is 0 Å². The molecule has 0 amide bonds. The van der Waals surface area contributed by atoms with Gasteiger partial charge in [-0.3, -0.25) is 0 Å². The molecular formula is C9H10ClN5. The predicted octanol–water partition coefficient (Wildman–Crippen LogP) is 0.687. The molecule has 0 bridgehead atoms. The van der Waals surface area contributed by atoms with Gasteiger partial charge in [0.2, 0.25) is 0 Å². The summed E-state index contributed by atoms with van der Waals surface area (Å²) < 4.78 is 1.79. The van der Waals surface area contributed by atoms with Crippen LogP contribution in [-0.4, -0.2) is 19.7 Å². The zero-order valence-corrected chi connectivity index (χ0v) is 8.74. The van der Waals surface area contributed by atoms with Crippen LogP contribution in [0.15, 0.2) is 24.7 Å². The zero-order chi connectivity index (χ0) is 9.38. The molecule has 78 valence electrons. The lowest BCUT2D eigenvalue weighted by molar-refractivity contribution is 0.694. The van der Waals surface area contributed by atoms with Crippen LogP contribution in [0.3, 0.4) is 0 Å². The van der Waals surface area contributed by atoms with Gasteiger partial charge in [0.15, 0.2) is 0 Å². The molecule has 1 aliphatic heterocycles. The van der Waals surface area contributed by atoms with E-state index in [2.05, 4.69) is 20.4 Å². The molecule has 0 atom stereocenters. The molecule has 0 aromatic carbocycles. The second-order valence-corrected chi connectivity index (χ2v) is 3.18. The SMILES string of the molecule is Cl.c1cnc(-n2ncc3c2CNC3)nc1. The van der Waals surface area contributed by atoms with Crippen LogP contribution < -0.4 is 5.32 Å².